The molecule has 7 nitrogen and oxygen atoms in total. The molecule has 2 aromatic heterocycles. The summed E-state index contributed by atoms with van der Waals surface area (Å²) in [7, 11) is 0. The van der Waals surface area contributed by atoms with Gasteiger partial charge in [0.15, 0.2) is 6.61 Å². The number of ether oxygens (including phenoxy) is 1. The number of nitrogens with two attached hydrogens (primary N) is 1. The maximum atomic E-state index is 5.94. The van der Waals surface area contributed by atoms with Crippen LogP contribution in [0.1, 0.15) is 12.2 Å². The zero-order valence-electron chi connectivity index (χ0n) is 13.7. The first-order valence-corrected chi connectivity index (χ1v) is 8.25. The highest BCUT2D eigenvalue weighted by Crippen LogP contribution is 2.22. The Morgan fingerprint density at radius 1 is 1.20 bits per heavy atom. The Morgan fingerprint density at radius 3 is 2.80 bits per heavy atom. The first-order chi connectivity index (χ1) is 12.3. The van der Waals surface area contributed by atoms with E-state index < -0.39 is 0 Å². The highest BCUT2D eigenvalue weighted by Gasteiger charge is 2.20. The molecule has 1 aliphatic rings. The van der Waals surface area contributed by atoms with Crippen molar-refractivity contribution in [2.75, 3.05) is 18.0 Å². The van der Waals surface area contributed by atoms with E-state index >= 15 is 0 Å². The third-order valence-corrected chi connectivity index (χ3v) is 4.12. The van der Waals surface area contributed by atoms with E-state index in [0.29, 0.717) is 11.7 Å². The zero-order chi connectivity index (χ0) is 17.1. The molecule has 1 atom stereocenters. The van der Waals surface area contributed by atoms with E-state index in [4.69, 9.17) is 15.0 Å². The molecule has 1 fully saturated rings. The van der Waals surface area contributed by atoms with Crippen LogP contribution in [0.3, 0.4) is 0 Å². The van der Waals surface area contributed by atoms with Crippen LogP contribution in [-0.4, -0.2) is 34.3 Å². The van der Waals surface area contributed by atoms with Crippen molar-refractivity contribution < 1.29 is 9.26 Å². The molecule has 0 spiro atoms. The van der Waals surface area contributed by atoms with Crippen LogP contribution in [0.2, 0.25) is 0 Å². The summed E-state index contributed by atoms with van der Waals surface area (Å²) in [6.45, 7) is 2.04. The SMILES string of the molecule is NC1CCN(c2ccc(-c3nc(COc4ccccc4)no3)cn2)C1. The number of para-hydroxylation sites is 1. The van der Waals surface area contributed by atoms with E-state index in [0.717, 1.165) is 36.6 Å². The monoisotopic (exact) mass is 337 g/mol. The van der Waals surface area contributed by atoms with Crippen molar-refractivity contribution in [1.29, 1.82) is 0 Å². The Morgan fingerprint density at radius 2 is 2.08 bits per heavy atom. The van der Waals surface area contributed by atoms with Crippen LogP contribution in [0.15, 0.2) is 53.2 Å². The molecule has 0 amide bonds. The Bertz CT molecular complexity index is 819. The average molecular weight is 337 g/mol. The quantitative estimate of drug-likeness (QED) is 0.763. The minimum Gasteiger partial charge on any atom is -0.485 e. The van der Waals surface area contributed by atoms with Gasteiger partial charge in [0.05, 0.1) is 5.56 Å². The number of pyridine rings is 1. The molecule has 4 rings (SSSR count). The minimum atomic E-state index is 0.226. The van der Waals surface area contributed by atoms with E-state index in [9.17, 15) is 0 Å². The Balaban J connectivity index is 1.41. The maximum Gasteiger partial charge on any atom is 0.259 e. The van der Waals surface area contributed by atoms with Crippen LogP contribution < -0.4 is 15.4 Å². The fourth-order valence-electron chi connectivity index (χ4n) is 2.79. The molecule has 0 bridgehead atoms. The second-order valence-electron chi connectivity index (χ2n) is 6.02. The number of hydrogen-bond donors (Lipinski definition) is 1. The Kier molecular flexibility index (Phi) is 4.30. The zero-order valence-corrected chi connectivity index (χ0v) is 13.7. The van der Waals surface area contributed by atoms with Crippen LogP contribution in [-0.2, 0) is 6.61 Å². The molecule has 3 heterocycles. The molecule has 0 saturated carbocycles. The van der Waals surface area contributed by atoms with Gasteiger partial charge in [-0.1, -0.05) is 23.4 Å². The van der Waals surface area contributed by atoms with E-state index in [2.05, 4.69) is 20.0 Å². The summed E-state index contributed by atoms with van der Waals surface area (Å²) in [4.78, 5) is 11.0. The van der Waals surface area contributed by atoms with Gasteiger partial charge in [-0.3, -0.25) is 0 Å². The van der Waals surface area contributed by atoms with Crippen LogP contribution in [0.25, 0.3) is 11.5 Å². The summed E-state index contributed by atoms with van der Waals surface area (Å²) in [5.74, 6) is 2.62. The summed E-state index contributed by atoms with van der Waals surface area (Å²) >= 11 is 0. The molecule has 1 aliphatic heterocycles. The van der Waals surface area contributed by atoms with Gasteiger partial charge >= 0.3 is 0 Å². The van der Waals surface area contributed by atoms with Crippen LogP contribution in [0.4, 0.5) is 5.82 Å². The van der Waals surface area contributed by atoms with Crippen molar-refractivity contribution in [3.63, 3.8) is 0 Å². The molecular formula is C18H19N5O2. The van der Waals surface area contributed by atoms with E-state index in [1.807, 2.05) is 42.5 Å². The van der Waals surface area contributed by atoms with Crippen molar-refractivity contribution in [3.05, 3.63) is 54.5 Å². The predicted molar refractivity (Wildman–Crippen MR) is 93.1 cm³/mol. The van der Waals surface area contributed by atoms with Gasteiger partial charge < -0.3 is 19.9 Å². The third-order valence-electron chi connectivity index (χ3n) is 4.12. The van der Waals surface area contributed by atoms with Crippen molar-refractivity contribution in [2.24, 2.45) is 5.73 Å². The van der Waals surface area contributed by atoms with Gasteiger partial charge in [0.1, 0.15) is 11.6 Å². The van der Waals surface area contributed by atoms with Crippen LogP contribution in [0.5, 0.6) is 5.75 Å². The molecule has 1 aromatic carbocycles. The van der Waals surface area contributed by atoms with Gasteiger partial charge in [-0.15, -0.1) is 0 Å². The van der Waals surface area contributed by atoms with Crippen LogP contribution in [0, 0.1) is 0 Å². The first-order valence-electron chi connectivity index (χ1n) is 8.25. The minimum absolute atomic E-state index is 0.226. The molecule has 1 saturated heterocycles. The Hall–Kier alpha value is -2.93. The summed E-state index contributed by atoms with van der Waals surface area (Å²) in [5.41, 5.74) is 6.73. The number of rotatable bonds is 5. The van der Waals surface area contributed by atoms with Gasteiger partial charge in [0, 0.05) is 25.3 Å². The van der Waals surface area contributed by atoms with Crippen LogP contribution >= 0.6 is 0 Å². The lowest BCUT2D eigenvalue weighted by atomic mass is 10.3. The Labute approximate surface area is 145 Å². The largest absolute Gasteiger partial charge is 0.485 e. The maximum absolute atomic E-state index is 5.94. The van der Waals surface area contributed by atoms with Gasteiger partial charge in [-0.25, -0.2) is 4.98 Å². The van der Waals surface area contributed by atoms with Gasteiger partial charge in [0.25, 0.3) is 5.89 Å². The van der Waals surface area contributed by atoms with Gasteiger partial charge in [-0.05, 0) is 30.7 Å². The van der Waals surface area contributed by atoms with Gasteiger partial charge in [-0.2, -0.15) is 4.98 Å². The fourth-order valence-corrected chi connectivity index (χ4v) is 2.79. The molecule has 7 heteroatoms. The lowest BCUT2D eigenvalue weighted by Gasteiger charge is -2.16. The fraction of sp³-hybridized carbons (Fsp3) is 0.278. The number of benzene rings is 1. The molecule has 0 radical (unpaired) electrons. The molecule has 3 aromatic rings. The van der Waals surface area contributed by atoms with Crippen molar-refractivity contribution in [3.8, 4) is 17.2 Å². The molecular weight excluding hydrogens is 318 g/mol. The van der Waals surface area contributed by atoms with E-state index in [-0.39, 0.29) is 12.6 Å². The van der Waals surface area contributed by atoms with Crippen molar-refractivity contribution >= 4 is 5.82 Å². The van der Waals surface area contributed by atoms with Crippen molar-refractivity contribution in [1.82, 2.24) is 15.1 Å². The molecule has 128 valence electrons. The molecule has 25 heavy (non-hydrogen) atoms. The number of hydrogen-bond acceptors (Lipinski definition) is 7. The predicted octanol–water partition coefficient (Wildman–Crippen LogP) is 2.25. The van der Waals surface area contributed by atoms with Gasteiger partial charge in [0.2, 0.25) is 5.82 Å². The second-order valence-corrected chi connectivity index (χ2v) is 6.02. The normalized spacial score (nSPS) is 17.0. The second kappa shape index (κ2) is 6.90. The third kappa shape index (κ3) is 3.61. The number of anilines is 1. The summed E-state index contributed by atoms with van der Waals surface area (Å²) in [6.07, 6.45) is 2.74. The summed E-state index contributed by atoms with van der Waals surface area (Å²) in [5, 5.41) is 3.95. The highest BCUT2D eigenvalue weighted by atomic mass is 16.5. The average Bonchev–Trinajstić information content (AvgIpc) is 3.30. The number of nitrogens with zero attached hydrogens (tertiary/aromatic N) is 4. The highest BCUT2D eigenvalue weighted by molar-refractivity contribution is 5.55. The molecule has 2 N–H and O–H groups in total. The number of aromatic nitrogens is 3. The molecule has 1 unspecified atom stereocenters. The van der Waals surface area contributed by atoms with E-state index in [1.54, 1.807) is 6.20 Å². The first kappa shape index (κ1) is 15.6. The van der Waals surface area contributed by atoms with Crippen molar-refractivity contribution in [2.45, 2.75) is 19.1 Å². The lowest BCUT2D eigenvalue weighted by Crippen LogP contribution is -2.26. The lowest BCUT2D eigenvalue weighted by molar-refractivity contribution is 0.287. The smallest absolute Gasteiger partial charge is 0.259 e. The van der Waals surface area contributed by atoms with E-state index in [1.165, 1.54) is 0 Å². The topological polar surface area (TPSA) is 90.3 Å². The summed E-state index contributed by atoms with van der Waals surface area (Å²) < 4.78 is 10.9. The molecule has 0 aliphatic carbocycles. The summed E-state index contributed by atoms with van der Waals surface area (Å²) in [6, 6.07) is 13.6. The standard InChI is InChI=1S/C18H19N5O2/c19-14-8-9-23(11-14)17-7-6-13(10-20-17)18-21-16(22-25-18)12-24-15-4-2-1-3-5-15/h1-7,10,14H,8-9,11-12,19H2.